The molecule has 0 bridgehead atoms. The predicted octanol–water partition coefficient (Wildman–Crippen LogP) is 2.74. The first kappa shape index (κ1) is 16.8. The van der Waals surface area contributed by atoms with Gasteiger partial charge in [0.2, 0.25) is 0 Å². The lowest BCUT2D eigenvalue weighted by atomic mass is 10.2. The third kappa shape index (κ3) is 3.26. The van der Waals surface area contributed by atoms with E-state index in [1.807, 2.05) is 6.92 Å². The molecule has 0 aliphatic rings. The van der Waals surface area contributed by atoms with E-state index in [2.05, 4.69) is 0 Å². The van der Waals surface area contributed by atoms with Gasteiger partial charge in [0.05, 0.1) is 22.6 Å². The quantitative estimate of drug-likeness (QED) is 0.618. The summed E-state index contributed by atoms with van der Waals surface area (Å²) in [5, 5.41) is 10.8. The summed E-state index contributed by atoms with van der Waals surface area (Å²) >= 11 is 0. The SMILES string of the molecule is COc1ccc(C)cc1N(C)S(=O)(=O)c1cccc([N+](=O)[O-])c1. The molecule has 0 spiro atoms. The van der Waals surface area contributed by atoms with Crippen LogP contribution >= 0.6 is 0 Å². The molecule has 122 valence electrons. The second-order valence-corrected chi connectivity index (χ2v) is 6.87. The molecule has 0 heterocycles. The predicted molar refractivity (Wildman–Crippen MR) is 86.4 cm³/mol. The van der Waals surface area contributed by atoms with Crippen LogP contribution in [-0.4, -0.2) is 27.5 Å². The van der Waals surface area contributed by atoms with Crippen molar-refractivity contribution in [3.05, 3.63) is 58.1 Å². The standard InChI is InChI=1S/C15H16N2O5S/c1-11-7-8-15(22-3)14(9-11)16(2)23(20,21)13-6-4-5-12(10-13)17(18)19/h4-10H,1-3H3. The van der Waals surface area contributed by atoms with Gasteiger partial charge < -0.3 is 4.74 Å². The summed E-state index contributed by atoms with van der Waals surface area (Å²) in [7, 11) is -1.12. The van der Waals surface area contributed by atoms with E-state index < -0.39 is 14.9 Å². The van der Waals surface area contributed by atoms with Gasteiger partial charge in [-0.25, -0.2) is 8.42 Å². The van der Waals surface area contributed by atoms with Crippen molar-refractivity contribution in [2.45, 2.75) is 11.8 Å². The van der Waals surface area contributed by atoms with Crippen LogP contribution in [0.25, 0.3) is 0 Å². The first-order valence-corrected chi connectivity index (χ1v) is 8.09. The Balaban J connectivity index is 2.53. The second-order valence-electron chi connectivity index (χ2n) is 4.90. The van der Waals surface area contributed by atoms with Crippen LogP contribution in [0.3, 0.4) is 0 Å². The first-order valence-electron chi connectivity index (χ1n) is 6.65. The molecule has 0 saturated carbocycles. The normalized spacial score (nSPS) is 11.1. The molecular formula is C15H16N2O5S. The highest BCUT2D eigenvalue weighted by atomic mass is 32.2. The van der Waals surface area contributed by atoms with Crippen molar-refractivity contribution in [3.63, 3.8) is 0 Å². The van der Waals surface area contributed by atoms with Gasteiger partial charge in [-0.3, -0.25) is 14.4 Å². The van der Waals surface area contributed by atoms with Crippen molar-refractivity contribution >= 4 is 21.4 Å². The van der Waals surface area contributed by atoms with Gasteiger partial charge in [0.1, 0.15) is 5.75 Å². The number of rotatable bonds is 5. The van der Waals surface area contributed by atoms with E-state index in [0.717, 1.165) is 15.9 Å². The molecule has 23 heavy (non-hydrogen) atoms. The van der Waals surface area contributed by atoms with E-state index in [1.54, 1.807) is 18.2 Å². The summed E-state index contributed by atoms with van der Waals surface area (Å²) in [6, 6.07) is 10.1. The Bertz CT molecular complexity index is 849. The molecule has 7 nitrogen and oxygen atoms in total. The molecule has 0 aliphatic heterocycles. The molecule has 0 saturated heterocycles. The summed E-state index contributed by atoms with van der Waals surface area (Å²) in [5.74, 6) is 0.395. The highest BCUT2D eigenvalue weighted by Crippen LogP contribution is 2.32. The van der Waals surface area contributed by atoms with Crippen LogP contribution in [0, 0.1) is 17.0 Å². The van der Waals surface area contributed by atoms with E-state index in [-0.39, 0.29) is 10.6 Å². The maximum Gasteiger partial charge on any atom is 0.270 e. The zero-order valence-corrected chi connectivity index (χ0v) is 13.7. The minimum Gasteiger partial charge on any atom is -0.495 e. The summed E-state index contributed by atoms with van der Waals surface area (Å²) in [4.78, 5) is 10.1. The lowest BCUT2D eigenvalue weighted by Crippen LogP contribution is -2.27. The highest BCUT2D eigenvalue weighted by Gasteiger charge is 2.25. The van der Waals surface area contributed by atoms with Crippen molar-refractivity contribution in [3.8, 4) is 5.75 Å². The number of aryl methyl sites for hydroxylation is 1. The van der Waals surface area contributed by atoms with E-state index in [9.17, 15) is 18.5 Å². The number of non-ortho nitro benzene ring substituents is 1. The first-order chi connectivity index (χ1) is 10.8. The average Bonchev–Trinajstić information content (AvgIpc) is 2.54. The number of nitro benzene ring substituents is 1. The molecule has 2 rings (SSSR count). The lowest BCUT2D eigenvalue weighted by molar-refractivity contribution is -0.385. The minimum absolute atomic E-state index is 0.155. The van der Waals surface area contributed by atoms with Gasteiger partial charge >= 0.3 is 0 Å². The molecule has 0 aromatic heterocycles. The molecule has 0 unspecified atom stereocenters. The molecule has 0 radical (unpaired) electrons. The third-order valence-electron chi connectivity index (χ3n) is 3.36. The van der Waals surface area contributed by atoms with Crippen molar-refractivity contribution in [1.29, 1.82) is 0 Å². The van der Waals surface area contributed by atoms with Crippen molar-refractivity contribution in [2.75, 3.05) is 18.5 Å². The largest absolute Gasteiger partial charge is 0.495 e. The number of methoxy groups -OCH3 is 1. The fourth-order valence-electron chi connectivity index (χ4n) is 2.09. The Labute approximate surface area is 134 Å². The molecule has 0 N–H and O–H groups in total. The molecule has 2 aromatic rings. The fourth-order valence-corrected chi connectivity index (χ4v) is 3.33. The zero-order chi connectivity index (χ0) is 17.2. The van der Waals surface area contributed by atoms with Crippen LogP contribution in [0.4, 0.5) is 11.4 Å². The number of anilines is 1. The summed E-state index contributed by atoms with van der Waals surface area (Å²) in [6.07, 6.45) is 0. The molecule has 0 amide bonds. The third-order valence-corrected chi connectivity index (χ3v) is 5.13. The maximum absolute atomic E-state index is 12.7. The van der Waals surface area contributed by atoms with E-state index in [4.69, 9.17) is 4.74 Å². The number of ether oxygens (including phenoxy) is 1. The Morgan fingerprint density at radius 1 is 1.17 bits per heavy atom. The van der Waals surface area contributed by atoms with Crippen LogP contribution in [0.1, 0.15) is 5.56 Å². The molecule has 0 atom stereocenters. The van der Waals surface area contributed by atoms with Crippen LogP contribution in [0.15, 0.2) is 47.4 Å². The van der Waals surface area contributed by atoms with Crippen molar-refractivity contribution in [2.24, 2.45) is 0 Å². The Kier molecular flexibility index (Phi) is 4.55. The van der Waals surface area contributed by atoms with Gasteiger partial charge in [0.15, 0.2) is 0 Å². The highest BCUT2D eigenvalue weighted by molar-refractivity contribution is 7.92. The molecule has 0 aliphatic carbocycles. The van der Waals surface area contributed by atoms with E-state index in [1.165, 1.54) is 32.4 Å². The van der Waals surface area contributed by atoms with Crippen LogP contribution in [-0.2, 0) is 10.0 Å². The number of nitro groups is 1. The van der Waals surface area contributed by atoms with Crippen LogP contribution in [0.2, 0.25) is 0 Å². The number of benzene rings is 2. The monoisotopic (exact) mass is 336 g/mol. The molecule has 0 fully saturated rings. The van der Waals surface area contributed by atoms with Gasteiger partial charge in [0.25, 0.3) is 15.7 Å². The summed E-state index contributed by atoms with van der Waals surface area (Å²) < 4.78 is 31.7. The second kappa shape index (κ2) is 6.25. The van der Waals surface area contributed by atoms with Crippen molar-refractivity contribution < 1.29 is 18.1 Å². The average molecular weight is 336 g/mol. The number of hydrogen-bond donors (Lipinski definition) is 0. The Morgan fingerprint density at radius 2 is 1.87 bits per heavy atom. The van der Waals surface area contributed by atoms with Crippen molar-refractivity contribution in [1.82, 2.24) is 0 Å². The molecular weight excluding hydrogens is 320 g/mol. The maximum atomic E-state index is 12.7. The van der Waals surface area contributed by atoms with E-state index in [0.29, 0.717) is 11.4 Å². The number of sulfonamides is 1. The zero-order valence-electron chi connectivity index (χ0n) is 12.9. The van der Waals surface area contributed by atoms with Gasteiger partial charge in [-0.1, -0.05) is 12.1 Å². The minimum atomic E-state index is -3.95. The van der Waals surface area contributed by atoms with Gasteiger partial charge in [-0.05, 0) is 30.7 Å². The molecule has 8 heteroatoms. The van der Waals surface area contributed by atoms with Gasteiger partial charge in [0, 0.05) is 19.2 Å². The summed E-state index contributed by atoms with van der Waals surface area (Å²) in [6.45, 7) is 1.83. The Hall–Kier alpha value is -2.61. The fraction of sp³-hybridized carbons (Fsp3) is 0.200. The summed E-state index contributed by atoms with van der Waals surface area (Å²) in [5.41, 5.74) is 0.941. The van der Waals surface area contributed by atoms with Crippen LogP contribution < -0.4 is 9.04 Å². The smallest absolute Gasteiger partial charge is 0.270 e. The number of hydrogen-bond acceptors (Lipinski definition) is 5. The lowest BCUT2D eigenvalue weighted by Gasteiger charge is -2.22. The van der Waals surface area contributed by atoms with Crippen LogP contribution in [0.5, 0.6) is 5.75 Å². The number of nitrogens with zero attached hydrogens (tertiary/aromatic N) is 2. The molecule has 2 aromatic carbocycles. The Morgan fingerprint density at radius 3 is 2.48 bits per heavy atom. The van der Waals surface area contributed by atoms with Gasteiger partial charge in [-0.15, -0.1) is 0 Å². The van der Waals surface area contributed by atoms with Gasteiger partial charge in [-0.2, -0.15) is 0 Å². The van der Waals surface area contributed by atoms with E-state index >= 15 is 0 Å². The topological polar surface area (TPSA) is 89.8 Å².